The SMILES string of the molecule is CCNC(=NCc1cc(C(C)C)no1)NCC1(c2ccccc2C)CC1. The predicted molar refractivity (Wildman–Crippen MR) is 106 cm³/mol. The second-order valence-electron chi connectivity index (χ2n) is 7.52. The number of hydrogen-bond acceptors (Lipinski definition) is 3. The molecule has 0 atom stereocenters. The molecule has 2 N–H and O–H groups in total. The zero-order chi connectivity index (χ0) is 18.6. The van der Waals surface area contributed by atoms with Crippen molar-refractivity contribution in [2.75, 3.05) is 13.1 Å². The van der Waals surface area contributed by atoms with E-state index in [1.54, 1.807) is 0 Å². The Hall–Kier alpha value is -2.30. The van der Waals surface area contributed by atoms with Crippen molar-refractivity contribution in [3.8, 4) is 0 Å². The van der Waals surface area contributed by atoms with Crippen molar-refractivity contribution < 1.29 is 4.52 Å². The molecule has 1 aromatic carbocycles. The van der Waals surface area contributed by atoms with Gasteiger partial charge in [-0.2, -0.15) is 0 Å². The first-order valence-corrected chi connectivity index (χ1v) is 9.58. The number of aryl methyl sites for hydroxylation is 1. The third kappa shape index (κ3) is 4.26. The molecule has 5 nitrogen and oxygen atoms in total. The molecule has 5 heteroatoms. The predicted octanol–water partition coefficient (Wildman–Crippen LogP) is 3.89. The molecule has 0 bridgehead atoms. The zero-order valence-corrected chi connectivity index (χ0v) is 16.3. The highest BCUT2D eigenvalue weighted by molar-refractivity contribution is 5.80. The first-order chi connectivity index (χ1) is 12.5. The van der Waals surface area contributed by atoms with Gasteiger partial charge in [-0.25, -0.2) is 4.99 Å². The highest BCUT2D eigenvalue weighted by Gasteiger charge is 2.44. The number of nitrogens with zero attached hydrogens (tertiary/aromatic N) is 2. The van der Waals surface area contributed by atoms with E-state index in [2.05, 4.69) is 72.7 Å². The standard InChI is InChI=1S/C21H30N4O/c1-5-22-20(23-13-17-12-19(15(2)3)25-26-17)24-14-21(10-11-21)18-9-7-6-8-16(18)4/h6-9,12,15H,5,10-11,13-14H2,1-4H3,(H2,22,23,24). The van der Waals surface area contributed by atoms with Gasteiger partial charge in [-0.3, -0.25) is 0 Å². The second-order valence-corrected chi connectivity index (χ2v) is 7.52. The van der Waals surface area contributed by atoms with E-state index in [1.165, 1.54) is 24.0 Å². The van der Waals surface area contributed by atoms with Crippen LogP contribution in [0.4, 0.5) is 0 Å². The van der Waals surface area contributed by atoms with Crippen LogP contribution in [0.1, 0.15) is 62.1 Å². The Kier molecular flexibility index (Phi) is 5.64. The normalized spacial score (nSPS) is 16.0. The molecule has 0 unspecified atom stereocenters. The van der Waals surface area contributed by atoms with Crippen molar-refractivity contribution in [1.29, 1.82) is 0 Å². The van der Waals surface area contributed by atoms with Crippen LogP contribution >= 0.6 is 0 Å². The van der Waals surface area contributed by atoms with E-state index in [1.807, 2.05) is 6.07 Å². The molecule has 1 aromatic heterocycles. The first-order valence-electron chi connectivity index (χ1n) is 9.58. The molecule has 0 spiro atoms. The van der Waals surface area contributed by atoms with Crippen molar-refractivity contribution in [2.45, 2.75) is 58.4 Å². The summed E-state index contributed by atoms with van der Waals surface area (Å²) in [6.45, 7) is 10.7. The number of aromatic nitrogens is 1. The summed E-state index contributed by atoms with van der Waals surface area (Å²) >= 11 is 0. The van der Waals surface area contributed by atoms with Crippen LogP contribution in [0.2, 0.25) is 0 Å². The summed E-state index contributed by atoms with van der Waals surface area (Å²) in [5.74, 6) is 1.99. The molecular weight excluding hydrogens is 324 g/mol. The average Bonchev–Trinajstić information content (AvgIpc) is 3.25. The van der Waals surface area contributed by atoms with Crippen molar-refractivity contribution in [3.63, 3.8) is 0 Å². The first kappa shape index (κ1) is 18.5. The van der Waals surface area contributed by atoms with Gasteiger partial charge in [-0.1, -0.05) is 43.3 Å². The van der Waals surface area contributed by atoms with E-state index < -0.39 is 0 Å². The largest absolute Gasteiger partial charge is 0.359 e. The molecule has 1 fully saturated rings. The topological polar surface area (TPSA) is 62.5 Å². The Balaban J connectivity index is 1.64. The minimum Gasteiger partial charge on any atom is -0.359 e. The lowest BCUT2D eigenvalue weighted by atomic mass is 9.92. The van der Waals surface area contributed by atoms with Gasteiger partial charge >= 0.3 is 0 Å². The van der Waals surface area contributed by atoms with Gasteiger partial charge < -0.3 is 15.2 Å². The summed E-state index contributed by atoms with van der Waals surface area (Å²) in [4.78, 5) is 4.66. The highest BCUT2D eigenvalue weighted by atomic mass is 16.5. The summed E-state index contributed by atoms with van der Waals surface area (Å²) in [7, 11) is 0. The number of nitrogens with one attached hydrogen (secondary N) is 2. The molecule has 3 rings (SSSR count). The van der Waals surface area contributed by atoms with Gasteiger partial charge in [0.15, 0.2) is 11.7 Å². The van der Waals surface area contributed by atoms with Crippen LogP contribution in [0.15, 0.2) is 39.8 Å². The number of aliphatic imine (C=N–C) groups is 1. The van der Waals surface area contributed by atoms with Crippen molar-refractivity contribution in [2.24, 2.45) is 4.99 Å². The molecule has 0 radical (unpaired) electrons. The number of rotatable bonds is 7. The molecule has 140 valence electrons. The molecule has 26 heavy (non-hydrogen) atoms. The maximum atomic E-state index is 5.38. The molecular formula is C21H30N4O. The lowest BCUT2D eigenvalue weighted by Crippen LogP contribution is -2.41. The number of benzene rings is 1. The van der Waals surface area contributed by atoms with E-state index in [-0.39, 0.29) is 5.41 Å². The summed E-state index contributed by atoms with van der Waals surface area (Å²) in [6.07, 6.45) is 2.45. The molecule has 2 aromatic rings. The van der Waals surface area contributed by atoms with Crippen LogP contribution in [0.25, 0.3) is 0 Å². The van der Waals surface area contributed by atoms with Gasteiger partial charge in [0.25, 0.3) is 0 Å². The zero-order valence-electron chi connectivity index (χ0n) is 16.3. The fourth-order valence-electron chi connectivity index (χ4n) is 3.29. The second kappa shape index (κ2) is 7.94. The third-order valence-electron chi connectivity index (χ3n) is 5.07. The van der Waals surface area contributed by atoms with Crippen LogP contribution in [0.5, 0.6) is 0 Å². The average molecular weight is 354 g/mol. The minimum absolute atomic E-state index is 0.249. The van der Waals surface area contributed by atoms with E-state index in [0.29, 0.717) is 12.5 Å². The van der Waals surface area contributed by atoms with Crippen LogP contribution in [-0.4, -0.2) is 24.2 Å². The molecule has 1 saturated carbocycles. The Morgan fingerprint density at radius 1 is 1.27 bits per heavy atom. The molecule has 1 heterocycles. The van der Waals surface area contributed by atoms with Crippen molar-refractivity contribution in [3.05, 3.63) is 52.9 Å². The Bertz CT molecular complexity index is 759. The van der Waals surface area contributed by atoms with E-state index >= 15 is 0 Å². The third-order valence-corrected chi connectivity index (χ3v) is 5.07. The number of hydrogen-bond donors (Lipinski definition) is 2. The van der Waals surface area contributed by atoms with Crippen molar-refractivity contribution in [1.82, 2.24) is 15.8 Å². The summed E-state index contributed by atoms with van der Waals surface area (Å²) < 4.78 is 5.38. The molecule has 0 aliphatic heterocycles. The maximum absolute atomic E-state index is 5.38. The van der Waals surface area contributed by atoms with Gasteiger partial charge in [-0.15, -0.1) is 0 Å². The van der Waals surface area contributed by atoms with Gasteiger partial charge in [0.05, 0.1) is 5.69 Å². The summed E-state index contributed by atoms with van der Waals surface area (Å²) in [5.41, 5.74) is 4.06. The number of guanidine groups is 1. The van der Waals surface area contributed by atoms with Crippen molar-refractivity contribution >= 4 is 5.96 Å². The van der Waals surface area contributed by atoms with Gasteiger partial charge in [-0.05, 0) is 43.7 Å². The Morgan fingerprint density at radius 2 is 2.04 bits per heavy atom. The van der Waals surface area contributed by atoms with Crippen LogP contribution in [-0.2, 0) is 12.0 Å². The van der Waals surface area contributed by atoms with Crippen LogP contribution in [0.3, 0.4) is 0 Å². The lowest BCUT2D eigenvalue weighted by molar-refractivity contribution is 0.376. The van der Waals surface area contributed by atoms with E-state index in [4.69, 9.17) is 4.52 Å². The lowest BCUT2D eigenvalue weighted by Gasteiger charge is -2.20. The molecule has 0 saturated heterocycles. The fourth-order valence-corrected chi connectivity index (χ4v) is 3.29. The molecule has 0 amide bonds. The minimum atomic E-state index is 0.249. The quantitative estimate of drug-likeness (QED) is 0.585. The van der Waals surface area contributed by atoms with Crippen LogP contribution in [0, 0.1) is 6.92 Å². The fraction of sp³-hybridized carbons (Fsp3) is 0.524. The summed E-state index contributed by atoms with van der Waals surface area (Å²) in [6, 6.07) is 10.7. The van der Waals surface area contributed by atoms with Gasteiger partial charge in [0.2, 0.25) is 0 Å². The van der Waals surface area contributed by atoms with E-state index in [9.17, 15) is 0 Å². The smallest absolute Gasteiger partial charge is 0.191 e. The maximum Gasteiger partial charge on any atom is 0.191 e. The molecule has 1 aliphatic rings. The Labute approximate surface area is 156 Å². The highest BCUT2D eigenvalue weighted by Crippen LogP contribution is 2.48. The summed E-state index contributed by atoms with van der Waals surface area (Å²) in [5, 5.41) is 11.0. The molecule has 1 aliphatic carbocycles. The van der Waals surface area contributed by atoms with Gasteiger partial charge in [0, 0.05) is 24.6 Å². The monoisotopic (exact) mass is 354 g/mol. The van der Waals surface area contributed by atoms with Crippen LogP contribution < -0.4 is 10.6 Å². The Morgan fingerprint density at radius 3 is 2.65 bits per heavy atom. The van der Waals surface area contributed by atoms with E-state index in [0.717, 1.165) is 30.5 Å². The van der Waals surface area contributed by atoms with Gasteiger partial charge in [0.1, 0.15) is 6.54 Å².